The zero-order valence-corrected chi connectivity index (χ0v) is 11.8. The zero-order chi connectivity index (χ0) is 15.5. The van der Waals surface area contributed by atoms with E-state index in [1.54, 1.807) is 0 Å². The van der Waals surface area contributed by atoms with Crippen molar-refractivity contribution in [3.05, 3.63) is 29.3 Å². The second-order valence-corrected chi connectivity index (χ2v) is 5.65. The van der Waals surface area contributed by atoms with Crippen LogP contribution in [0.1, 0.15) is 30.9 Å². The third-order valence-electron chi connectivity index (χ3n) is 3.87. The van der Waals surface area contributed by atoms with Crippen molar-refractivity contribution in [2.24, 2.45) is 5.41 Å². The van der Waals surface area contributed by atoms with Crippen molar-refractivity contribution < 1.29 is 17.9 Å². The predicted molar refractivity (Wildman–Crippen MR) is 72.8 cm³/mol. The smallest absolute Gasteiger partial charge is 0.383 e. The average molecular weight is 298 g/mol. The van der Waals surface area contributed by atoms with E-state index in [9.17, 15) is 13.2 Å². The number of nitriles is 1. The van der Waals surface area contributed by atoms with Crippen molar-refractivity contribution in [3.63, 3.8) is 0 Å². The molecule has 0 aliphatic carbocycles. The highest BCUT2D eigenvalue weighted by Gasteiger charge is 2.31. The molecule has 1 saturated heterocycles. The van der Waals surface area contributed by atoms with Gasteiger partial charge >= 0.3 is 6.18 Å². The second kappa shape index (κ2) is 5.94. The average Bonchev–Trinajstić information content (AvgIpc) is 2.45. The van der Waals surface area contributed by atoms with Crippen LogP contribution < -0.4 is 5.32 Å². The van der Waals surface area contributed by atoms with Gasteiger partial charge in [0.1, 0.15) is 6.07 Å². The molecular weight excluding hydrogens is 281 g/mol. The summed E-state index contributed by atoms with van der Waals surface area (Å²) in [5.74, 6) is 0. The maximum Gasteiger partial charge on any atom is 0.416 e. The Morgan fingerprint density at radius 3 is 2.57 bits per heavy atom. The highest BCUT2D eigenvalue weighted by atomic mass is 19.4. The fourth-order valence-corrected chi connectivity index (χ4v) is 2.32. The molecular formula is C15H17F3N2O. The summed E-state index contributed by atoms with van der Waals surface area (Å²) >= 11 is 0. The van der Waals surface area contributed by atoms with Crippen LogP contribution in [0.15, 0.2) is 18.2 Å². The van der Waals surface area contributed by atoms with Gasteiger partial charge in [0.25, 0.3) is 0 Å². The van der Waals surface area contributed by atoms with E-state index in [-0.39, 0.29) is 11.0 Å². The first-order valence-corrected chi connectivity index (χ1v) is 6.77. The molecule has 114 valence electrons. The first-order chi connectivity index (χ1) is 9.84. The minimum atomic E-state index is -4.43. The third-order valence-corrected chi connectivity index (χ3v) is 3.87. The van der Waals surface area contributed by atoms with Crippen LogP contribution in [0.2, 0.25) is 0 Å². The maximum atomic E-state index is 12.6. The molecule has 0 spiro atoms. The number of anilines is 1. The van der Waals surface area contributed by atoms with Gasteiger partial charge in [0, 0.05) is 19.8 Å². The lowest BCUT2D eigenvalue weighted by Gasteiger charge is -2.34. The Morgan fingerprint density at radius 1 is 1.33 bits per heavy atom. The van der Waals surface area contributed by atoms with E-state index in [1.165, 1.54) is 6.07 Å². The lowest BCUT2D eigenvalue weighted by molar-refractivity contribution is -0.137. The number of nitrogens with one attached hydrogen (secondary N) is 1. The van der Waals surface area contributed by atoms with E-state index in [4.69, 9.17) is 10.00 Å². The molecule has 6 heteroatoms. The fourth-order valence-electron chi connectivity index (χ4n) is 2.32. The largest absolute Gasteiger partial charge is 0.416 e. The normalized spacial score (nSPS) is 18.0. The van der Waals surface area contributed by atoms with Crippen LogP contribution in [0.3, 0.4) is 0 Å². The van der Waals surface area contributed by atoms with Crippen molar-refractivity contribution in [1.29, 1.82) is 5.26 Å². The standard InChI is InChI=1S/C15H17F3N2O/c1-14(4-6-21-7-5-14)10-20-13-3-2-12(15(16,17)18)8-11(13)9-19/h2-3,8,20H,4-7,10H2,1H3. The Morgan fingerprint density at radius 2 is 2.00 bits per heavy atom. The first-order valence-electron chi connectivity index (χ1n) is 6.77. The third kappa shape index (κ3) is 3.88. The SMILES string of the molecule is CC1(CNc2ccc(C(F)(F)F)cc2C#N)CCOCC1. The van der Waals surface area contributed by atoms with Crippen LogP contribution in [-0.2, 0) is 10.9 Å². The zero-order valence-electron chi connectivity index (χ0n) is 11.8. The van der Waals surface area contributed by atoms with Gasteiger partial charge in [0.05, 0.1) is 16.8 Å². The summed E-state index contributed by atoms with van der Waals surface area (Å²) in [7, 11) is 0. The Hall–Kier alpha value is -1.74. The molecule has 0 amide bonds. The van der Waals surface area contributed by atoms with E-state index in [1.807, 2.05) is 6.07 Å². The van der Waals surface area contributed by atoms with E-state index in [2.05, 4.69) is 12.2 Å². The van der Waals surface area contributed by atoms with Gasteiger partial charge in [-0.2, -0.15) is 18.4 Å². The van der Waals surface area contributed by atoms with Crippen LogP contribution in [0.25, 0.3) is 0 Å². The van der Waals surface area contributed by atoms with E-state index in [0.29, 0.717) is 25.4 Å². The predicted octanol–water partition coefficient (Wildman–Crippen LogP) is 3.81. The number of benzene rings is 1. The van der Waals surface area contributed by atoms with Crippen molar-refractivity contribution in [3.8, 4) is 6.07 Å². The number of hydrogen-bond acceptors (Lipinski definition) is 3. The summed E-state index contributed by atoms with van der Waals surface area (Å²) in [4.78, 5) is 0. The van der Waals surface area contributed by atoms with Gasteiger partial charge < -0.3 is 10.1 Å². The minimum Gasteiger partial charge on any atom is -0.383 e. The maximum absolute atomic E-state index is 12.6. The highest BCUT2D eigenvalue weighted by Crippen LogP contribution is 2.33. The highest BCUT2D eigenvalue weighted by molar-refractivity contribution is 5.59. The number of ether oxygens (including phenoxy) is 1. The molecule has 0 unspecified atom stereocenters. The lowest BCUT2D eigenvalue weighted by atomic mass is 9.82. The van der Waals surface area contributed by atoms with Crippen molar-refractivity contribution in [1.82, 2.24) is 0 Å². The molecule has 2 rings (SSSR count). The van der Waals surface area contributed by atoms with Crippen LogP contribution >= 0.6 is 0 Å². The molecule has 1 aromatic rings. The fraction of sp³-hybridized carbons (Fsp3) is 0.533. The molecule has 0 atom stereocenters. The summed E-state index contributed by atoms with van der Waals surface area (Å²) in [6, 6.07) is 5.02. The monoisotopic (exact) mass is 298 g/mol. The molecule has 1 heterocycles. The van der Waals surface area contributed by atoms with Crippen LogP contribution in [0.4, 0.5) is 18.9 Å². The number of halogens is 3. The Kier molecular flexibility index (Phi) is 4.43. The molecule has 1 aliphatic rings. The Balaban J connectivity index is 2.12. The van der Waals surface area contributed by atoms with Crippen LogP contribution in [0.5, 0.6) is 0 Å². The van der Waals surface area contributed by atoms with Gasteiger partial charge in [-0.3, -0.25) is 0 Å². The van der Waals surface area contributed by atoms with Gasteiger partial charge in [-0.1, -0.05) is 6.92 Å². The molecule has 1 fully saturated rings. The summed E-state index contributed by atoms with van der Waals surface area (Å²) in [6.45, 7) is 4.10. The molecule has 0 saturated carbocycles. The molecule has 21 heavy (non-hydrogen) atoms. The van der Waals surface area contributed by atoms with Crippen molar-refractivity contribution in [2.75, 3.05) is 25.1 Å². The van der Waals surface area contributed by atoms with E-state index in [0.717, 1.165) is 25.0 Å². The molecule has 1 N–H and O–H groups in total. The molecule has 0 aromatic heterocycles. The molecule has 1 aromatic carbocycles. The van der Waals surface area contributed by atoms with Gasteiger partial charge in [0.15, 0.2) is 0 Å². The summed E-state index contributed by atoms with van der Waals surface area (Å²) < 4.78 is 43.2. The van der Waals surface area contributed by atoms with Crippen LogP contribution in [-0.4, -0.2) is 19.8 Å². The van der Waals surface area contributed by atoms with Gasteiger partial charge in [-0.25, -0.2) is 0 Å². The van der Waals surface area contributed by atoms with Crippen molar-refractivity contribution in [2.45, 2.75) is 25.9 Å². The summed E-state index contributed by atoms with van der Waals surface area (Å²) in [5, 5.41) is 12.1. The quantitative estimate of drug-likeness (QED) is 0.923. The number of nitrogens with zero attached hydrogens (tertiary/aromatic N) is 1. The Labute approximate surface area is 121 Å². The van der Waals surface area contributed by atoms with Crippen LogP contribution in [0, 0.1) is 16.7 Å². The minimum absolute atomic E-state index is 0.0143. The molecule has 0 radical (unpaired) electrons. The molecule has 3 nitrogen and oxygen atoms in total. The lowest BCUT2D eigenvalue weighted by Crippen LogP contribution is -2.33. The van der Waals surface area contributed by atoms with E-state index < -0.39 is 11.7 Å². The van der Waals surface area contributed by atoms with Crippen molar-refractivity contribution >= 4 is 5.69 Å². The summed E-state index contributed by atoms with van der Waals surface area (Å²) in [6.07, 6.45) is -2.65. The van der Waals surface area contributed by atoms with Gasteiger partial charge in [0.2, 0.25) is 0 Å². The molecule has 0 bridgehead atoms. The molecule has 1 aliphatic heterocycles. The Bertz CT molecular complexity index is 543. The van der Waals surface area contributed by atoms with Gasteiger partial charge in [-0.15, -0.1) is 0 Å². The van der Waals surface area contributed by atoms with Gasteiger partial charge in [-0.05, 0) is 36.5 Å². The number of hydrogen-bond donors (Lipinski definition) is 1. The number of rotatable bonds is 3. The topological polar surface area (TPSA) is 45.0 Å². The number of alkyl halides is 3. The van der Waals surface area contributed by atoms with E-state index >= 15 is 0 Å². The summed E-state index contributed by atoms with van der Waals surface area (Å²) in [5.41, 5.74) is -0.311. The second-order valence-electron chi connectivity index (χ2n) is 5.65. The first kappa shape index (κ1) is 15.6.